The first-order valence-corrected chi connectivity index (χ1v) is 7.37. The molecule has 114 valence electrons. The fourth-order valence-electron chi connectivity index (χ4n) is 2.74. The number of nitrogens with zero attached hydrogens (tertiary/aromatic N) is 1. The van der Waals surface area contributed by atoms with Gasteiger partial charge in [-0.05, 0) is 24.9 Å². The number of nitrogens with one attached hydrogen (secondary N) is 1. The van der Waals surface area contributed by atoms with E-state index in [4.69, 9.17) is 5.11 Å². The molecule has 1 aromatic carbocycles. The first-order valence-electron chi connectivity index (χ1n) is 7.37. The van der Waals surface area contributed by atoms with Crippen LogP contribution < -0.4 is 5.32 Å². The summed E-state index contributed by atoms with van der Waals surface area (Å²) in [4.78, 5) is 24.6. The van der Waals surface area contributed by atoms with E-state index < -0.39 is 5.97 Å². The van der Waals surface area contributed by atoms with Crippen molar-refractivity contribution in [2.45, 2.75) is 38.3 Å². The van der Waals surface area contributed by atoms with E-state index in [1.165, 1.54) is 0 Å². The third kappa shape index (κ3) is 4.56. The molecule has 1 amide bonds. The zero-order valence-electron chi connectivity index (χ0n) is 12.3. The van der Waals surface area contributed by atoms with Crippen LogP contribution in [0.1, 0.15) is 25.3 Å². The quantitative estimate of drug-likeness (QED) is 0.794. The highest BCUT2D eigenvalue weighted by Gasteiger charge is 2.34. The summed E-state index contributed by atoms with van der Waals surface area (Å²) in [5, 5.41) is 11.9. The summed E-state index contributed by atoms with van der Waals surface area (Å²) >= 11 is 0. The summed E-state index contributed by atoms with van der Waals surface area (Å²) < 4.78 is 0. The molecule has 2 rings (SSSR count). The molecule has 1 aromatic rings. The highest BCUT2D eigenvalue weighted by atomic mass is 16.4. The lowest BCUT2D eigenvalue weighted by atomic mass is 9.85. The van der Waals surface area contributed by atoms with Crippen LogP contribution in [-0.4, -0.2) is 47.1 Å². The maximum Gasteiger partial charge on any atom is 0.317 e. The van der Waals surface area contributed by atoms with Gasteiger partial charge in [-0.3, -0.25) is 14.5 Å². The molecule has 5 heteroatoms. The number of hydrogen-bond acceptors (Lipinski definition) is 3. The molecular formula is C16H22N2O3. The molecule has 1 aliphatic carbocycles. The first-order chi connectivity index (χ1) is 10.1. The summed E-state index contributed by atoms with van der Waals surface area (Å²) in [6.07, 6.45) is 2.07. The zero-order chi connectivity index (χ0) is 15.2. The Kier molecular flexibility index (Phi) is 5.33. The fourth-order valence-corrected chi connectivity index (χ4v) is 2.74. The van der Waals surface area contributed by atoms with Gasteiger partial charge < -0.3 is 10.4 Å². The van der Waals surface area contributed by atoms with E-state index in [1.807, 2.05) is 42.2 Å². The number of benzene rings is 1. The molecule has 0 radical (unpaired) electrons. The summed E-state index contributed by atoms with van der Waals surface area (Å²) in [7, 11) is 0. The summed E-state index contributed by atoms with van der Waals surface area (Å²) in [5.74, 6) is -0.764. The monoisotopic (exact) mass is 290 g/mol. The van der Waals surface area contributed by atoms with Crippen molar-refractivity contribution in [3.05, 3.63) is 35.9 Å². The minimum Gasteiger partial charge on any atom is -0.480 e. The fraction of sp³-hybridized carbons (Fsp3) is 0.500. The van der Waals surface area contributed by atoms with E-state index in [-0.39, 0.29) is 24.5 Å². The number of carboxylic acids is 1. The topological polar surface area (TPSA) is 69.6 Å². The van der Waals surface area contributed by atoms with Crippen molar-refractivity contribution < 1.29 is 14.7 Å². The van der Waals surface area contributed by atoms with Crippen molar-refractivity contribution in [2.75, 3.05) is 13.1 Å². The van der Waals surface area contributed by atoms with E-state index in [2.05, 4.69) is 5.32 Å². The minimum absolute atomic E-state index is 0.0333. The predicted molar refractivity (Wildman–Crippen MR) is 80.0 cm³/mol. The number of likely N-dealkylation sites (N-methyl/N-ethyl adjacent to an activating group) is 1. The van der Waals surface area contributed by atoms with Gasteiger partial charge in [-0.25, -0.2) is 0 Å². The van der Waals surface area contributed by atoms with E-state index >= 15 is 0 Å². The maximum atomic E-state index is 11.9. The Morgan fingerprint density at radius 2 is 1.95 bits per heavy atom. The van der Waals surface area contributed by atoms with Crippen LogP contribution in [0.2, 0.25) is 0 Å². The zero-order valence-corrected chi connectivity index (χ0v) is 12.3. The van der Waals surface area contributed by atoms with Crippen LogP contribution in [0, 0.1) is 0 Å². The number of rotatable bonds is 7. The van der Waals surface area contributed by atoms with E-state index in [0.717, 1.165) is 24.9 Å². The van der Waals surface area contributed by atoms with Gasteiger partial charge in [0.1, 0.15) is 0 Å². The predicted octanol–water partition coefficient (Wildman–Crippen LogP) is 1.28. The van der Waals surface area contributed by atoms with E-state index in [9.17, 15) is 9.59 Å². The van der Waals surface area contributed by atoms with Gasteiger partial charge in [0.25, 0.3) is 0 Å². The lowest BCUT2D eigenvalue weighted by Crippen LogP contribution is -2.55. The van der Waals surface area contributed by atoms with Crippen LogP contribution in [0.25, 0.3) is 0 Å². The molecule has 5 nitrogen and oxygen atoms in total. The van der Waals surface area contributed by atoms with Crippen molar-refractivity contribution in [3.63, 3.8) is 0 Å². The van der Waals surface area contributed by atoms with Crippen LogP contribution >= 0.6 is 0 Å². The van der Waals surface area contributed by atoms with Crippen LogP contribution in [0.3, 0.4) is 0 Å². The molecule has 0 heterocycles. The van der Waals surface area contributed by atoms with Gasteiger partial charge in [0.15, 0.2) is 0 Å². The number of amides is 1. The summed E-state index contributed by atoms with van der Waals surface area (Å²) in [6, 6.07) is 10.1. The second-order valence-corrected chi connectivity index (χ2v) is 5.51. The number of carbonyl (C=O) groups excluding carboxylic acids is 1. The minimum atomic E-state index is -0.798. The molecule has 1 saturated carbocycles. The van der Waals surface area contributed by atoms with Crippen LogP contribution in [-0.2, 0) is 16.0 Å². The number of hydrogen-bond donors (Lipinski definition) is 2. The Morgan fingerprint density at radius 3 is 2.52 bits per heavy atom. The molecule has 0 aromatic heterocycles. The van der Waals surface area contributed by atoms with Crippen molar-refractivity contribution in [2.24, 2.45) is 0 Å². The Labute approximate surface area is 125 Å². The molecule has 0 aliphatic heterocycles. The molecule has 0 unspecified atom stereocenters. The average Bonchev–Trinajstić information content (AvgIpc) is 2.41. The molecule has 0 bridgehead atoms. The Bertz CT molecular complexity index is 484. The van der Waals surface area contributed by atoms with Crippen molar-refractivity contribution in [1.29, 1.82) is 0 Å². The van der Waals surface area contributed by atoms with E-state index in [1.54, 1.807) is 0 Å². The van der Waals surface area contributed by atoms with Gasteiger partial charge in [0.05, 0.1) is 13.0 Å². The number of carbonyl (C=O) groups is 2. The third-order valence-corrected chi connectivity index (χ3v) is 3.95. The molecule has 21 heavy (non-hydrogen) atoms. The third-order valence-electron chi connectivity index (χ3n) is 3.95. The van der Waals surface area contributed by atoms with Gasteiger partial charge in [-0.1, -0.05) is 37.3 Å². The van der Waals surface area contributed by atoms with E-state index in [0.29, 0.717) is 6.42 Å². The highest BCUT2D eigenvalue weighted by molar-refractivity contribution is 5.79. The second kappa shape index (κ2) is 7.22. The van der Waals surface area contributed by atoms with Gasteiger partial charge >= 0.3 is 5.97 Å². The molecule has 0 atom stereocenters. The van der Waals surface area contributed by atoms with Crippen LogP contribution in [0.4, 0.5) is 0 Å². The summed E-state index contributed by atoms with van der Waals surface area (Å²) in [6.45, 7) is 2.76. The van der Waals surface area contributed by atoms with Gasteiger partial charge in [0.2, 0.25) is 5.91 Å². The van der Waals surface area contributed by atoms with Crippen molar-refractivity contribution >= 4 is 11.9 Å². The second-order valence-electron chi connectivity index (χ2n) is 5.51. The maximum absolute atomic E-state index is 11.9. The lowest BCUT2D eigenvalue weighted by Gasteiger charge is -2.42. The highest BCUT2D eigenvalue weighted by Crippen LogP contribution is 2.25. The first kappa shape index (κ1) is 15.5. The molecule has 0 saturated heterocycles. The van der Waals surface area contributed by atoms with Gasteiger partial charge in [-0.15, -0.1) is 0 Å². The Balaban J connectivity index is 1.72. The molecule has 1 aliphatic rings. The normalized spacial score (nSPS) is 20.9. The van der Waals surface area contributed by atoms with Crippen molar-refractivity contribution in [3.8, 4) is 0 Å². The standard InChI is InChI=1S/C16H22N2O3/c1-2-18(11-16(20)21)14-9-13(10-14)17-15(19)8-12-6-4-3-5-7-12/h3-7,13-14H,2,8-11H2,1H3,(H,17,19)(H,20,21). The lowest BCUT2D eigenvalue weighted by molar-refractivity contribution is -0.139. The Morgan fingerprint density at radius 1 is 1.29 bits per heavy atom. The largest absolute Gasteiger partial charge is 0.480 e. The summed E-state index contributed by atoms with van der Waals surface area (Å²) in [5.41, 5.74) is 1.01. The molecule has 0 spiro atoms. The number of aliphatic carboxylic acids is 1. The molecule has 1 fully saturated rings. The van der Waals surface area contributed by atoms with Gasteiger partial charge in [0, 0.05) is 12.1 Å². The average molecular weight is 290 g/mol. The number of carboxylic acid groups (broad SMARTS) is 1. The van der Waals surface area contributed by atoms with Gasteiger partial charge in [-0.2, -0.15) is 0 Å². The van der Waals surface area contributed by atoms with Crippen LogP contribution in [0.5, 0.6) is 0 Å². The smallest absolute Gasteiger partial charge is 0.317 e. The van der Waals surface area contributed by atoms with Crippen LogP contribution in [0.15, 0.2) is 30.3 Å². The Hall–Kier alpha value is -1.88. The molecular weight excluding hydrogens is 268 g/mol. The SMILES string of the molecule is CCN(CC(=O)O)C1CC(NC(=O)Cc2ccccc2)C1. The van der Waals surface area contributed by atoms with Crippen molar-refractivity contribution in [1.82, 2.24) is 10.2 Å². The molecule has 2 N–H and O–H groups in total.